The van der Waals surface area contributed by atoms with Crippen molar-refractivity contribution in [3.05, 3.63) is 41.5 Å². The van der Waals surface area contributed by atoms with Gasteiger partial charge in [0.25, 0.3) is 0 Å². The van der Waals surface area contributed by atoms with Gasteiger partial charge in [-0.1, -0.05) is 30.5 Å². The SMILES string of the molecule is Cc1ccc(SCc2nc(N)nc(C3CCCC3)n2)cc1. The Hall–Kier alpha value is -1.62. The molecule has 1 saturated carbocycles. The van der Waals surface area contributed by atoms with Crippen molar-refractivity contribution >= 4 is 17.7 Å². The average Bonchev–Trinajstić information content (AvgIpc) is 3.00. The molecule has 1 aromatic carbocycles. The maximum atomic E-state index is 5.84. The van der Waals surface area contributed by atoms with Crippen molar-refractivity contribution in [1.82, 2.24) is 15.0 Å². The van der Waals surface area contributed by atoms with Gasteiger partial charge < -0.3 is 5.73 Å². The Morgan fingerprint density at radius 3 is 2.52 bits per heavy atom. The van der Waals surface area contributed by atoms with Gasteiger partial charge >= 0.3 is 0 Å². The lowest BCUT2D eigenvalue weighted by Crippen LogP contribution is -2.09. The summed E-state index contributed by atoms with van der Waals surface area (Å²) in [6.07, 6.45) is 4.88. The van der Waals surface area contributed by atoms with Crippen LogP contribution >= 0.6 is 11.8 Å². The molecule has 0 spiro atoms. The number of aromatic nitrogens is 3. The minimum atomic E-state index is 0.353. The molecule has 0 saturated heterocycles. The van der Waals surface area contributed by atoms with E-state index in [0.717, 1.165) is 17.4 Å². The predicted molar refractivity (Wildman–Crippen MR) is 86.2 cm³/mol. The van der Waals surface area contributed by atoms with Gasteiger partial charge in [0, 0.05) is 10.8 Å². The van der Waals surface area contributed by atoms with E-state index < -0.39 is 0 Å². The molecule has 0 unspecified atom stereocenters. The Labute approximate surface area is 129 Å². The van der Waals surface area contributed by atoms with Crippen LogP contribution < -0.4 is 5.73 Å². The highest BCUT2D eigenvalue weighted by Crippen LogP contribution is 2.32. The predicted octanol–water partition coefficient (Wildman–Crippen LogP) is 3.71. The van der Waals surface area contributed by atoms with E-state index in [4.69, 9.17) is 5.73 Å². The van der Waals surface area contributed by atoms with Crippen LogP contribution in [0.5, 0.6) is 0 Å². The summed E-state index contributed by atoms with van der Waals surface area (Å²) in [5, 5.41) is 0. The van der Waals surface area contributed by atoms with Crippen LogP contribution in [0.4, 0.5) is 5.95 Å². The highest BCUT2D eigenvalue weighted by Gasteiger charge is 2.21. The molecule has 4 nitrogen and oxygen atoms in total. The van der Waals surface area contributed by atoms with Crippen molar-refractivity contribution in [2.24, 2.45) is 0 Å². The van der Waals surface area contributed by atoms with Crippen LogP contribution in [0.2, 0.25) is 0 Å². The van der Waals surface area contributed by atoms with Crippen LogP contribution in [0, 0.1) is 6.92 Å². The smallest absolute Gasteiger partial charge is 0.223 e. The van der Waals surface area contributed by atoms with Gasteiger partial charge in [-0.05, 0) is 31.9 Å². The second-order valence-corrected chi connectivity index (χ2v) is 6.60. The van der Waals surface area contributed by atoms with Gasteiger partial charge in [-0.2, -0.15) is 9.97 Å². The summed E-state index contributed by atoms with van der Waals surface area (Å²) in [5.74, 6) is 3.23. The van der Waals surface area contributed by atoms with Crippen molar-refractivity contribution in [2.75, 3.05) is 5.73 Å². The monoisotopic (exact) mass is 300 g/mol. The summed E-state index contributed by atoms with van der Waals surface area (Å²) in [6.45, 7) is 2.09. The zero-order valence-electron chi connectivity index (χ0n) is 12.2. The molecule has 0 bridgehead atoms. The molecular weight excluding hydrogens is 280 g/mol. The number of thioether (sulfide) groups is 1. The van der Waals surface area contributed by atoms with E-state index >= 15 is 0 Å². The summed E-state index contributed by atoms with van der Waals surface area (Å²) < 4.78 is 0. The van der Waals surface area contributed by atoms with Gasteiger partial charge in [-0.15, -0.1) is 11.8 Å². The zero-order chi connectivity index (χ0) is 14.7. The number of benzene rings is 1. The zero-order valence-corrected chi connectivity index (χ0v) is 13.1. The number of nitrogens with two attached hydrogens (primary N) is 1. The second-order valence-electron chi connectivity index (χ2n) is 5.55. The van der Waals surface area contributed by atoms with Crippen LogP contribution in [0.1, 0.15) is 48.8 Å². The first-order chi connectivity index (χ1) is 10.2. The molecule has 1 heterocycles. The third-order valence-corrected chi connectivity index (χ3v) is 4.83. The number of hydrogen-bond donors (Lipinski definition) is 1. The molecule has 5 heteroatoms. The van der Waals surface area contributed by atoms with Crippen LogP contribution in [-0.2, 0) is 5.75 Å². The Balaban J connectivity index is 1.71. The lowest BCUT2D eigenvalue weighted by atomic mass is 10.1. The Kier molecular flexibility index (Phi) is 4.39. The van der Waals surface area contributed by atoms with Crippen LogP contribution in [0.15, 0.2) is 29.2 Å². The first-order valence-corrected chi connectivity index (χ1v) is 8.39. The van der Waals surface area contributed by atoms with E-state index in [1.165, 1.54) is 36.1 Å². The topological polar surface area (TPSA) is 64.7 Å². The van der Waals surface area contributed by atoms with Gasteiger partial charge in [0.2, 0.25) is 5.95 Å². The molecule has 0 radical (unpaired) electrons. The van der Waals surface area contributed by atoms with Crippen molar-refractivity contribution in [3.8, 4) is 0 Å². The number of nitrogens with zero attached hydrogens (tertiary/aromatic N) is 3. The molecule has 0 amide bonds. The largest absolute Gasteiger partial charge is 0.368 e. The first kappa shape index (κ1) is 14.3. The molecule has 1 aliphatic rings. The molecule has 1 aromatic heterocycles. The first-order valence-electron chi connectivity index (χ1n) is 7.40. The number of nitrogen functional groups attached to an aromatic ring is 1. The molecule has 2 N–H and O–H groups in total. The fourth-order valence-electron chi connectivity index (χ4n) is 2.67. The Morgan fingerprint density at radius 2 is 1.81 bits per heavy atom. The van der Waals surface area contributed by atoms with E-state index in [1.54, 1.807) is 11.8 Å². The Bertz CT molecular complexity index is 606. The summed E-state index contributed by atoms with van der Waals surface area (Å²) in [4.78, 5) is 14.5. The summed E-state index contributed by atoms with van der Waals surface area (Å²) >= 11 is 1.73. The molecule has 21 heavy (non-hydrogen) atoms. The van der Waals surface area contributed by atoms with Gasteiger partial charge in [-0.3, -0.25) is 0 Å². The molecular formula is C16H20N4S. The van der Waals surface area contributed by atoms with Crippen LogP contribution in [-0.4, -0.2) is 15.0 Å². The van der Waals surface area contributed by atoms with E-state index in [1.807, 2.05) is 0 Å². The van der Waals surface area contributed by atoms with Crippen LogP contribution in [0.3, 0.4) is 0 Å². The highest BCUT2D eigenvalue weighted by molar-refractivity contribution is 7.98. The third kappa shape index (κ3) is 3.73. The number of rotatable bonds is 4. The van der Waals surface area contributed by atoms with Gasteiger partial charge in [0.15, 0.2) is 0 Å². The Morgan fingerprint density at radius 1 is 1.10 bits per heavy atom. The van der Waals surface area contributed by atoms with Crippen molar-refractivity contribution in [3.63, 3.8) is 0 Å². The summed E-state index contributed by atoms with van der Waals surface area (Å²) in [6, 6.07) is 8.49. The molecule has 110 valence electrons. The summed E-state index contributed by atoms with van der Waals surface area (Å²) in [5.41, 5.74) is 7.11. The fraction of sp³-hybridized carbons (Fsp3) is 0.438. The molecule has 1 fully saturated rings. The maximum Gasteiger partial charge on any atom is 0.223 e. The average molecular weight is 300 g/mol. The number of aryl methyl sites for hydroxylation is 1. The number of hydrogen-bond acceptors (Lipinski definition) is 5. The van der Waals surface area contributed by atoms with Crippen molar-refractivity contribution in [1.29, 1.82) is 0 Å². The van der Waals surface area contributed by atoms with Crippen LogP contribution in [0.25, 0.3) is 0 Å². The minimum absolute atomic E-state index is 0.353. The second kappa shape index (κ2) is 6.43. The van der Waals surface area contributed by atoms with Crippen molar-refractivity contribution < 1.29 is 0 Å². The third-order valence-electron chi connectivity index (χ3n) is 3.83. The van der Waals surface area contributed by atoms with E-state index in [2.05, 4.69) is 46.1 Å². The molecule has 0 atom stereocenters. The van der Waals surface area contributed by atoms with Gasteiger partial charge in [0.05, 0.1) is 5.75 Å². The fourth-order valence-corrected chi connectivity index (χ4v) is 3.42. The highest BCUT2D eigenvalue weighted by atomic mass is 32.2. The summed E-state index contributed by atoms with van der Waals surface area (Å²) in [7, 11) is 0. The number of anilines is 1. The lowest BCUT2D eigenvalue weighted by Gasteiger charge is -2.09. The van der Waals surface area contributed by atoms with Gasteiger partial charge in [-0.25, -0.2) is 4.98 Å². The molecule has 1 aliphatic carbocycles. The van der Waals surface area contributed by atoms with Crippen molar-refractivity contribution in [2.45, 2.75) is 49.2 Å². The van der Waals surface area contributed by atoms with Gasteiger partial charge in [0.1, 0.15) is 11.6 Å². The van der Waals surface area contributed by atoms with E-state index in [9.17, 15) is 0 Å². The van der Waals surface area contributed by atoms with E-state index in [0.29, 0.717) is 11.9 Å². The van der Waals surface area contributed by atoms with E-state index in [-0.39, 0.29) is 0 Å². The molecule has 3 rings (SSSR count). The quantitative estimate of drug-likeness (QED) is 0.872. The molecule has 0 aliphatic heterocycles. The molecule has 2 aromatic rings. The minimum Gasteiger partial charge on any atom is -0.368 e. The maximum absolute atomic E-state index is 5.84. The lowest BCUT2D eigenvalue weighted by molar-refractivity contribution is 0.657. The normalized spacial score (nSPS) is 15.5. The standard InChI is InChI=1S/C16H20N4S/c1-11-6-8-13(9-7-11)21-10-14-18-15(20-16(17)19-14)12-4-2-3-5-12/h6-9,12H,2-5,10H2,1H3,(H2,17,18,19,20).